The van der Waals surface area contributed by atoms with Crippen LogP contribution in [-0.2, 0) is 13.0 Å². The predicted molar refractivity (Wildman–Crippen MR) is 51.5 cm³/mol. The summed E-state index contributed by atoms with van der Waals surface area (Å²) >= 11 is 0. The molecule has 13 heavy (non-hydrogen) atoms. The second-order valence-electron chi connectivity index (χ2n) is 3.43. The summed E-state index contributed by atoms with van der Waals surface area (Å²) in [6, 6.07) is 4.23. The van der Waals surface area contributed by atoms with Gasteiger partial charge in [-0.1, -0.05) is 6.07 Å². The molecule has 2 nitrogen and oxygen atoms in total. The molecule has 3 rings (SSSR count). The predicted octanol–water partition coefficient (Wildman–Crippen LogP) is 1.70. The van der Waals surface area contributed by atoms with Crippen LogP contribution >= 0.6 is 0 Å². The van der Waals surface area contributed by atoms with Gasteiger partial charge >= 0.3 is 0 Å². The van der Waals surface area contributed by atoms with Crippen molar-refractivity contribution in [2.75, 3.05) is 6.61 Å². The molecule has 1 N–H and O–H groups in total. The Morgan fingerprint density at radius 3 is 3.31 bits per heavy atom. The van der Waals surface area contributed by atoms with Gasteiger partial charge in [0.2, 0.25) is 0 Å². The highest BCUT2D eigenvalue weighted by molar-refractivity contribution is 5.64. The lowest BCUT2D eigenvalue weighted by molar-refractivity contribution is 0.357. The Morgan fingerprint density at radius 1 is 1.31 bits per heavy atom. The van der Waals surface area contributed by atoms with E-state index in [9.17, 15) is 0 Å². The lowest BCUT2D eigenvalue weighted by atomic mass is 9.97. The Kier molecular flexibility index (Phi) is 1.36. The molecule has 0 spiro atoms. The average Bonchev–Trinajstić information content (AvgIpc) is 2.65. The van der Waals surface area contributed by atoms with Gasteiger partial charge in [-0.15, -0.1) is 0 Å². The van der Waals surface area contributed by atoms with Crippen molar-refractivity contribution in [3.05, 3.63) is 35.0 Å². The molecule has 1 aromatic carbocycles. The Labute approximate surface area is 77.2 Å². The van der Waals surface area contributed by atoms with E-state index in [1.165, 1.54) is 16.7 Å². The van der Waals surface area contributed by atoms with E-state index in [0.29, 0.717) is 0 Å². The number of hydrogen-bond acceptors (Lipinski definition) is 2. The topological polar surface area (TPSA) is 21.3 Å². The van der Waals surface area contributed by atoms with Crippen LogP contribution in [0.25, 0.3) is 6.08 Å². The molecule has 66 valence electrons. The molecule has 0 aliphatic carbocycles. The normalized spacial score (nSPS) is 17.2. The molecule has 0 amide bonds. The molecule has 0 saturated heterocycles. The maximum atomic E-state index is 5.51. The van der Waals surface area contributed by atoms with Crippen molar-refractivity contribution in [3.63, 3.8) is 0 Å². The van der Waals surface area contributed by atoms with Gasteiger partial charge in [-0.2, -0.15) is 0 Å². The second-order valence-corrected chi connectivity index (χ2v) is 3.43. The first kappa shape index (κ1) is 7.01. The number of hydrogen-bond donors (Lipinski definition) is 1. The van der Waals surface area contributed by atoms with Crippen LogP contribution in [0.4, 0.5) is 0 Å². The molecule has 0 saturated carbocycles. The third-order valence-electron chi connectivity index (χ3n) is 2.67. The van der Waals surface area contributed by atoms with Gasteiger partial charge in [0.15, 0.2) is 0 Å². The third kappa shape index (κ3) is 0.949. The second kappa shape index (κ2) is 2.52. The molecule has 0 radical (unpaired) electrons. The van der Waals surface area contributed by atoms with Crippen LogP contribution in [0.1, 0.15) is 16.7 Å². The van der Waals surface area contributed by atoms with Crippen molar-refractivity contribution in [2.24, 2.45) is 0 Å². The summed E-state index contributed by atoms with van der Waals surface area (Å²) in [5.74, 6) is 1.07. The van der Waals surface area contributed by atoms with Gasteiger partial charge in [-0.25, -0.2) is 0 Å². The molecule has 0 atom stereocenters. The molecular formula is C11H11NO. The smallest absolute Gasteiger partial charge is 0.123 e. The zero-order chi connectivity index (χ0) is 8.67. The lowest BCUT2D eigenvalue weighted by Crippen LogP contribution is -2.11. The van der Waals surface area contributed by atoms with E-state index in [-0.39, 0.29) is 0 Å². The van der Waals surface area contributed by atoms with Gasteiger partial charge in [0, 0.05) is 18.5 Å². The van der Waals surface area contributed by atoms with Gasteiger partial charge in [-0.3, -0.25) is 0 Å². The van der Waals surface area contributed by atoms with Crippen LogP contribution < -0.4 is 10.1 Å². The molecule has 0 aromatic heterocycles. The summed E-state index contributed by atoms with van der Waals surface area (Å²) < 4.78 is 5.51. The van der Waals surface area contributed by atoms with Gasteiger partial charge < -0.3 is 10.1 Å². The maximum absolute atomic E-state index is 5.51. The molecule has 2 aliphatic heterocycles. The third-order valence-corrected chi connectivity index (χ3v) is 2.67. The fourth-order valence-corrected chi connectivity index (χ4v) is 2.02. The van der Waals surface area contributed by atoms with Crippen LogP contribution in [-0.4, -0.2) is 6.61 Å². The van der Waals surface area contributed by atoms with E-state index in [1.807, 2.05) is 6.20 Å². The van der Waals surface area contributed by atoms with Gasteiger partial charge in [0.05, 0.1) is 6.61 Å². The van der Waals surface area contributed by atoms with Crippen LogP contribution in [0.2, 0.25) is 0 Å². The molecule has 0 bridgehead atoms. The van der Waals surface area contributed by atoms with Gasteiger partial charge in [0.25, 0.3) is 0 Å². The van der Waals surface area contributed by atoms with E-state index in [2.05, 4.69) is 23.5 Å². The summed E-state index contributed by atoms with van der Waals surface area (Å²) in [4.78, 5) is 0. The number of benzene rings is 1. The van der Waals surface area contributed by atoms with Crippen molar-refractivity contribution >= 4 is 6.08 Å². The average molecular weight is 173 g/mol. The Morgan fingerprint density at radius 2 is 2.31 bits per heavy atom. The van der Waals surface area contributed by atoms with Crippen molar-refractivity contribution in [1.82, 2.24) is 5.32 Å². The number of fused-ring (bicyclic) bond motifs is 3. The standard InChI is InChI=1S/C11H11NO/c1-2-11-10(4-6-13-11)9-3-5-12-7-8(1)9/h1-3,5,12H,4,6-7H2. The van der Waals surface area contributed by atoms with Crippen LogP contribution in [0.15, 0.2) is 18.3 Å². The zero-order valence-corrected chi connectivity index (χ0v) is 7.34. The van der Waals surface area contributed by atoms with E-state index in [0.717, 1.165) is 25.3 Å². The first-order valence-corrected chi connectivity index (χ1v) is 4.62. The van der Waals surface area contributed by atoms with E-state index in [1.54, 1.807) is 0 Å². The number of nitrogens with one attached hydrogen (secondary N) is 1. The molecule has 1 aromatic rings. The first-order valence-electron chi connectivity index (χ1n) is 4.62. The summed E-state index contributed by atoms with van der Waals surface area (Å²) in [5.41, 5.74) is 4.13. The Hall–Kier alpha value is -1.44. The number of ether oxygens (including phenoxy) is 1. The van der Waals surface area contributed by atoms with E-state index in [4.69, 9.17) is 4.74 Å². The van der Waals surface area contributed by atoms with Gasteiger partial charge in [-0.05, 0) is 29.5 Å². The summed E-state index contributed by atoms with van der Waals surface area (Å²) in [5, 5.41) is 3.21. The fraction of sp³-hybridized carbons (Fsp3) is 0.273. The fourth-order valence-electron chi connectivity index (χ4n) is 2.02. The van der Waals surface area contributed by atoms with Crippen LogP contribution in [0.5, 0.6) is 5.75 Å². The van der Waals surface area contributed by atoms with Crippen molar-refractivity contribution in [2.45, 2.75) is 13.0 Å². The van der Waals surface area contributed by atoms with E-state index >= 15 is 0 Å². The summed E-state index contributed by atoms with van der Waals surface area (Å²) in [7, 11) is 0. The van der Waals surface area contributed by atoms with Crippen molar-refractivity contribution in [3.8, 4) is 5.75 Å². The highest BCUT2D eigenvalue weighted by Crippen LogP contribution is 2.32. The molecule has 2 heteroatoms. The van der Waals surface area contributed by atoms with E-state index < -0.39 is 0 Å². The summed E-state index contributed by atoms with van der Waals surface area (Å²) in [6.07, 6.45) is 5.22. The minimum absolute atomic E-state index is 0.840. The minimum atomic E-state index is 0.840. The largest absolute Gasteiger partial charge is 0.493 e. The molecule has 0 fully saturated rings. The van der Waals surface area contributed by atoms with Crippen LogP contribution in [0, 0.1) is 0 Å². The lowest BCUT2D eigenvalue weighted by Gasteiger charge is -2.14. The van der Waals surface area contributed by atoms with Crippen LogP contribution in [0.3, 0.4) is 0 Å². The van der Waals surface area contributed by atoms with Crippen molar-refractivity contribution < 1.29 is 4.74 Å². The number of rotatable bonds is 0. The Bertz CT molecular complexity index is 382. The molecular weight excluding hydrogens is 162 g/mol. The zero-order valence-electron chi connectivity index (χ0n) is 7.34. The molecule has 2 aliphatic rings. The monoisotopic (exact) mass is 173 g/mol. The highest BCUT2D eigenvalue weighted by atomic mass is 16.5. The SMILES string of the molecule is C1=Cc2c(ccc3c2CCO3)CN1. The molecule has 0 unspecified atom stereocenters. The minimum Gasteiger partial charge on any atom is -0.493 e. The quantitative estimate of drug-likeness (QED) is 0.644. The van der Waals surface area contributed by atoms with Crippen molar-refractivity contribution in [1.29, 1.82) is 0 Å². The Balaban J connectivity index is 2.24. The maximum Gasteiger partial charge on any atom is 0.123 e. The summed E-state index contributed by atoms with van der Waals surface area (Å²) in [6.45, 7) is 1.78. The highest BCUT2D eigenvalue weighted by Gasteiger charge is 2.18. The molecule has 2 heterocycles. The van der Waals surface area contributed by atoms with Gasteiger partial charge in [0.1, 0.15) is 5.75 Å². The first-order chi connectivity index (χ1) is 6.45.